The van der Waals surface area contributed by atoms with Crippen molar-refractivity contribution in [2.45, 2.75) is 0 Å². The summed E-state index contributed by atoms with van der Waals surface area (Å²) in [4.78, 5) is 11.8. The number of para-hydroxylation sites is 1. The molecule has 0 aliphatic carbocycles. The van der Waals surface area contributed by atoms with E-state index in [1.54, 1.807) is 30.5 Å². The molecular weight excluding hydrogens is 375 g/mol. The number of carbonyl (C=O) groups excluding carboxylic acids is 1. The molecule has 0 saturated carbocycles. The molecule has 0 spiro atoms. The van der Waals surface area contributed by atoms with Crippen LogP contribution in [0, 0.1) is 0 Å². The smallest absolute Gasteiger partial charge is 0.314 e. The standard InChI is InChI=1S/C15H11BrCl2N2O/c16-11-6-4-10(5-7-11)8-9-19-15(21)20-14-12(17)2-1-3-13(14)18/h1-9H,(H2,19,20,21)/b9-8+. The van der Waals surface area contributed by atoms with Crippen molar-refractivity contribution in [1.29, 1.82) is 0 Å². The van der Waals surface area contributed by atoms with E-state index >= 15 is 0 Å². The second-order valence-electron chi connectivity index (χ2n) is 4.08. The predicted octanol–water partition coefficient (Wildman–Crippen LogP) is 5.55. The number of hydrogen-bond donors (Lipinski definition) is 2. The van der Waals surface area contributed by atoms with Crippen molar-refractivity contribution in [1.82, 2.24) is 5.32 Å². The van der Waals surface area contributed by atoms with Gasteiger partial charge in [0, 0.05) is 10.7 Å². The number of nitrogens with one attached hydrogen (secondary N) is 2. The maximum atomic E-state index is 11.8. The first-order valence-corrected chi connectivity index (χ1v) is 7.55. The lowest BCUT2D eigenvalue weighted by atomic mass is 10.2. The summed E-state index contributed by atoms with van der Waals surface area (Å²) in [5.74, 6) is 0. The Hall–Kier alpha value is -1.49. The summed E-state index contributed by atoms with van der Waals surface area (Å²) < 4.78 is 0.999. The molecule has 2 aromatic rings. The maximum absolute atomic E-state index is 11.8. The molecule has 0 unspecified atom stereocenters. The van der Waals surface area contributed by atoms with Gasteiger partial charge in [-0.15, -0.1) is 0 Å². The Labute approximate surface area is 141 Å². The van der Waals surface area contributed by atoms with Crippen molar-refractivity contribution in [2.24, 2.45) is 0 Å². The zero-order chi connectivity index (χ0) is 15.2. The Morgan fingerprint density at radius 3 is 2.29 bits per heavy atom. The van der Waals surface area contributed by atoms with Crippen LogP contribution >= 0.6 is 39.1 Å². The molecule has 2 aromatic carbocycles. The van der Waals surface area contributed by atoms with Crippen LogP contribution in [0.3, 0.4) is 0 Å². The van der Waals surface area contributed by atoms with Crippen molar-refractivity contribution in [3.63, 3.8) is 0 Å². The largest absolute Gasteiger partial charge is 0.323 e. The van der Waals surface area contributed by atoms with Gasteiger partial charge in [-0.3, -0.25) is 0 Å². The quantitative estimate of drug-likeness (QED) is 0.714. The average molecular weight is 386 g/mol. The Morgan fingerprint density at radius 1 is 1.05 bits per heavy atom. The molecule has 2 N–H and O–H groups in total. The van der Waals surface area contributed by atoms with Gasteiger partial charge in [0.05, 0.1) is 15.7 Å². The summed E-state index contributed by atoms with van der Waals surface area (Å²) in [5.41, 5.74) is 1.35. The number of benzene rings is 2. The molecule has 2 rings (SSSR count). The number of halogens is 3. The highest BCUT2D eigenvalue weighted by Gasteiger charge is 2.07. The van der Waals surface area contributed by atoms with Crippen molar-refractivity contribution < 1.29 is 4.79 Å². The van der Waals surface area contributed by atoms with Crippen molar-refractivity contribution in [3.8, 4) is 0 Å². The van der Waals surface area contributed by atoms with Gasteiger partial charge in [0.25, 0.3) is 0 Å². The number of urea groups is 1. The third-order valence-corrected chi connectivity index (χ3v) is 3.72. The van der Waals surface area contributed by atoms with Gasteiger partial charge in [-0.2, -0.15) is 0 Å². The van der Waals surface area contributed by atoms with E-state index < -0.39 is 6.03 Å². The van der Waals surface area contributed by atoms with E-state index in [-0.39, 0.29) is 0 Å². The lowest BCUT2D eigenvalue weighted by Crippen LogP contribution is -2.24. The zero-order valence-electron chi connectivity index (χ0n) is 10.7. The highest BCUT2D eigenvalue weighted by atomic mass is 79.9. The first-order valence-electron chi connectivity index (χ1n) is 6.00. The van der Waals surface area contributed by atoms with Gasteiger partial charge in [0.15, 0.2) is 0 Å². The summed E-state index contributed by atoms with van der Waals surface area (Å²) in [6, 6.07) is 12.3. The number of carbonyl (C=O) groups is 1. The van der Waals surface area contributed by atoms with Crippen LogP contribution < -0.4 is 10.6 Å². The van der Waals surface area contributed by atoms with Gasteiger partial charge in [-0.25, -0.2) is 4.79 Å². The molecule has 0 aromatic heterocycles. The summed E-state index contributed by atoms with van der Waals surface area (Å²) in [6.45, 7) is 0. The fourth-order valence-electron chi connectivity index (χ4n) is 1.55. The molecule has 0 fully saturated rings. The summed E-state index contributed by atoms with van der Waals surface area (Å²) in [7, 11) is 0. The van der Waals surface area contributed by atoms with Crippen LogP contribution in [0.2, 0.25) is 10.0 Å². The van der Waals surface area contributed by atoms with Crippen LogP contribution in [0.25, 0.3) is 6.08 Å². The minimum absolute atomic E-state index is 0.384. The van der Waals surface area contributed by atoms with E-state index in [1.165, 1.54) is 0 Å². The minimum atomic E-state index is -0.418. The summed E-state index contributed by atoms with van der Waals surface area (Å²) >= 11 is 15.3. The molecule has 0 bridgehead atoms. The van der Waals surface area contributed by atoms with Gasteiger partial charge in [-0.05, 0) is 35.9 Å². The average Bonchev–Trinajstić information content (AvgIpc) is 2.45. The van der Waals surface area contributed by atoms with Crippen LogP contribution in [0.4, 0.5) is 10.5 Å². The van der Waals surface area contributed by atoms with Crippen LogP contribution in [0.5, 0.6) is 0 Å². The second kappa shape index (κ2) is 7.50. The van der Waals surface area contributed by atoms with Crippen LogP contribution in [-0.2, 0) is 0 Å². The van der Waals surface area contributed by atoms with Gasteiger partial charge in [-0.1, -0.05) is 57.3 Å². The number of anilines is 1. The number of amides is 2. The summed E-state index contributed by atoms with van der Waals surface area (Å²) in [6.07, 6.45) is 3.32. The minimum Gasteiger partial charge on any atom is -0.314 e. The molecule has 0 radical (unpaired) electrons. The third-order valence-electron chi connectivity index (χ3n) is 2.56. The van der Waals surface area contributed by atoms with Gasteiger partial charge in [0.1, 0.15) is 0 Å². The Balaban J connectivity index is 1.95. The van der Waals surface area contributed by atoms with E-state index in [4.69, 9.17) is 23.2 Å². The van der Waals surface area contributed by atoms with Gasteiger partial charge >= 0.3 is 6.03 Å². The Kier molecular flexibility index (Phi) is 5.67. The zero-order valence-corrected chi connectivity index (χ0v) is 13.8. The molecule has 6 heteroatoms. The molecule has 0 aliphatic rings. The summed E-state index contributed by atoms with van der Waals surface area (Å²) in [5, 5.41) is 5.96. The van der Waals surface area contributed by atoms with Crippen molar-refractivity contribution in [2.75, 3.05) is 5.32 Å². The molecule has 0 aliphatic heterocycles. The second-order valence-corrected chi connectivity index (χ2v) is 5.81. The fourth-order valence-corrected chi connectivity index (χ4v) is 2.31. The highest BCUT2D eigenvalue weighted by Crippen LogP contribution is 2.29. The first kappa shape index (κ1) is 15.9. The van der Waals surface area contributed by atoms with E-state index in [2.05, 4.69) is 26.6 Å². The van der Waals surface area contributed by atoms with Crippen LogP contribution in [0.15, 0.2) is 53.1 Å². The van der Waals surface area contributed by atoms with E-state index in [0.29, 0.717) is 15.7 Å². The number of rotatable bonds is 3. The predicted molar refractivity (Wildman–Crippen MR) is 91.8 cm³/mol. The normalized spacial score (nSPS) is 10.6. The topological polar surface area (TPSA) is 41.1 Å². The van der Waals surface area contributed by atoms with Gasteiger partial charge < -0.3 is 10.6 Å². The molecule has 3 nitrogen and oxygen atoms in total. The number of hydrogen-bond acceptors (Lipinski definition) is 1. The molecule has 108 valence electrons. The molecule has 21 heavy (non-hydrogen) atoms. The molecule has 0 heterocycles. The highest BCUT2D eigenvalue weighted by molar-refractivity contribution is 9.10. The maximum Gasteiger partial charge on any atom is 0.323 e. The SMILES string of the molecule is O=C(N/C=C/c1ccc(Br)cc1)Nc1c(Cl)cccc1Cl. The molecule has 0 atom stereocenters. The first-order chi connectivity index (χ1) is 10.1. The lowest BCUT2D eigenvalue weighted by Gasteiger charge is -2.08. The van der Waals surface area contributed by atoms with Gasteiger partial charge in [0.2, 0.25) is 0 Å². The van der Waals surface area contributed by atoms with Crippen molar-refractivity contribution >= 4 is 56.9 Å². The third kappa shape index (κ3) is 4.77. The lowest BCUT2D eigenvalue weighted by molar-refractivity contribution is 0.255. The molecular formula is C15H11BrCl2N2O. The Morgan fingerprint density at radius 2 is 1.67 bits per heavy atom. The molecule has 0 saturated heterocycles. The monoisotopic (exact) mass is 384 g/mol. The Bertz CT molecular complexity index is 652. The van der Waals surface area contributed by atoms with Crippen molar-refractivity contribution in [3.05, 3.63) is 68.7 Å². The van der Waals surface area contributed by atoms with E-state index in [1.807, 2.05) is 24.3 Å². The van der Waals surface area contributed by atoms with E-state index in [0.717, 1.165) is 10.0 Å². The van der Waals surface area contributed by atoms with Crippen LogP contribution in [-0.4, -0.2) is 6.03 Å². The fraction of sp³-hybridized carbons (Fsp3) is 0. The molecule has 2 amide bonds. The van der Waals surface area contributed by atoms with Crippen LogP contribution in [0.1, 0.15) is 5.56 Å². The van der Waals surface area contributed by atoms with E-state index in [9.17, 15) is 4.79 Å².